The van der Waals surface area contributed by atoms with Crippen molar-refractivity contribution in [3.8, 4) is 5.75 Å². The van der Waals surface area contributed by atoms with Gasteiger partial charge in [0.15, 0.2) is 5.75 Å². The van der Waals surface area contributed by atoms with E-state index in [1.165, 1.54) is 5.56 Å². The highest BCUT2D eigenvalue weighted by Crippen LogP contribution is 2.36. The molecule has 92 valence electrons. The highest BCUT2D eigenvalue weighted by atomic mass is 79.9. The Morgan fingerprint density at radius 2 is 1.76 bits per heavy atom. The first kappa shape index (κ1) is 14.5. The number of ether oxygens (including phenoxy) is 1. The molecule has 0 aliphatic carbocycles. The third kappa shape index (κ3) is 3.68. The maximum atomic E-state index is 11.5. The maximum Gasteiger partial charge on any atom is 0.338 e. The van der Waals surface area contributed by atoms with E-state index in [1.807, 2.05) is 12.1 Å². The zero-order valence-corrected chi connectivity index (χ0v) is 13.2. The standard InChI is InChI=1S/C13H14Br2O2/c1-7(2)9-5-10(14)12(11(15)6-9)17-13(16)8(3)4/h5-7H,3H2,1-2,4H3. The average molecular weight is 362 g/mol. The Hall–Kier alpha value is -0.610. The number of carbonyl (C=O) groups is 1. The van der Waals surface area contributed by atoms with Gasteiger partial charge in [0.05, 0.1) is 8.95 Å². The largest absolute Gasteiger partial charge is 0.421 e. The third-order valence-electron chi connectivity index (χ3n) is 2.23. The first-order chi connectivity index (χ1) is 7.82. The van der Waals surface area contributed by atoms with Crippen molar-refractivity contribution in [1.82, 2.24) is 0 Å². The zero-order valence-electron chi connectivity index (χ0n) is 10.0. The lowest BCUT2D eigenvalue weighted by Crippen LogP contribution is -2.09. The van der Waals surface area contributed by atoms with Crippen LogP contribution in [0.5, 0.6) is 5.75 Å². The van der Waals surface area contributed by atoms with Crippen molar-refractivity contribution in [2.45, 2.75) is 26.7 Å². The van der Waals surface area contributed by atoms with Crippen LogP contribution in [0.1, 0.15) is 32.3 Å². The average Bonchev–Trinajstić information content (AvgIpc) is 2.22. The summed E-state index contributed by atoms with van der Waals surface area (Å²) in [7, 11) is 0. The van der Waals surface area contributed by atoms with Crippen LogP contribution in [0.25, 0.3) is 0 Å². The number of halogens is 2. The van der Waals surface area contributed by atoms with Gasteiger partial charge in [0.25, 0.3) is 0 Å². The molecule has 0 aliphatic heterocycles. The van der Waals surface area contributed by atoms with E-state index in [1.54, 1.807) is 6.92 Å². The maximum absolute atomic E-state index is 11.5. The summed E-state index contributed by atoms with van der Waals surface area (Å²) in [4.78, 5) is 11.5. The van der Waals surface area contributed by atoms with E-state index in [-0.39, 0.29) is 0 Å². The summed E-state index contributed by atoms with van der Waals surface area (Å²) in [5.41, 5.74) is 1.54. The van der Waals surface area contributed by atoms with Crippen LogP contribution < -0.4 is 4.74 Å². The van der Waals surface area contributed by atoms with Gasteiger partial charge < -0.3 is 4.74 Å². The van der Waals surface area contributed by atoms with Gasteiger partial charge in [0, 0.05) is 5.57 Å². The van der Waals surface area contributed by atoms with E-state index in [9.17, 15) is 4.79 Å². The fourth-order valence-electron chi connectivity index (χ4n) is 1.19. The molecule has 0 radical (unpaired) electrons. The van der Waals surface area contributed by atoms with Crippen LogP contribution in [-0.2, 0) is 4.79 Å². The molecule has 0 saturated heterocycles. The Kier molecular flexibility index (Phi) is 4.95. The molecular formula is C13H14Br2O2. The summed E-state index contributed by atoms with van der Waals surface area (Å²) in [6, 6.07) is 3.91. The highest BCUT2D eigenvalue weighted by Gasteiger charge is 2.14. The van der Waals surface area contributed by atoms with Crippen molar-refractivity contribution in [2.24, 2.45) is 0 Å². The Labute approximate surface area is 118 Å². The van der Waals surface area contributed by atoms with E-state index < -0.39 is 5.97 Å². The molecule has 0 heterocycles. The number of hydrogen-bond acceptors (Lipinski definition) is 2. The Balaban J connectivity index is 3.10. The molecule has 0 atom stereocenters. The number of benzene rings is 1. The molecule has 2 nitrogen and oxygen atoms in total. The quantitative estimate of drug-likeness (QED) is 0.438. The predicted molar refractivity (Wildman–Crippen MR) is 76.4 cm³/mol. The molecule has 0 saturated carbocycles. The van der Waals surface area contributed by atoms with Crippen LogP contribution in [0.3, 0.4) is 0 Å². The van der Waals surface area contributed by atoms with Crippen LogP contribution in [0, 0.1) is 0 Å². The Bertz CT molecular complexity index is 441. The summed E-state index contributed by atoms with van der Waals surface area (Å²) in [6.07, 6.45) is 0. The van der Waals surface area contributed by atoms with Gasteiger partial charge in [0.2, 0.25) is 0 Å². The van der Waals surface area contributed by atoms with E-state index in [4.69, 9.17) is 4.74 Å². The summed E-state index contributed by atoms with van der Waals surface area (Å²) in [6.45, 7) is 9.38. The van der Waals surface area contributed by atoms with Gasteiger partial charge in [-0.3, -0.25) is 0 Å². The molecule has 0 amide bonds. The summed E-state index contributed by atoms with van der Waals surface area (Å²) in [5, 5.41) is 0. The highest BCUT2D eigenvalue weighted by molar-refractivity contribution is 9.11. The molecule has 1 aromatic carbocycles. The molecule has 0 aromatic heterocycles. The van der Waals surface area contributed by atoms with Crippen molar-refractivity contribution in [2.75, 3.05) is 0 Å². The summed E-state index contributed by atoms with van der Waals surface area (Å²) < 4.78 is 6.75. The van der Waals surface area contributed by atoms with Crippen LogP contribution in [-0.4, -0.2) is 5.97 Å². The van der Waals surface area contributed by atoms with Crippen molar-refractivity contribution < 1.29 is 9.53 Å². The molecule has 17 heavy (non-hydrogen) atoms. The molecule has 1 rings (SSSR count). The number of carbonyl (C=O) groups excluding carboxylic acids is 1. The van der Waals surface area contributed by atoms with Gasteiger partial charge in [-0.05, 0) is 62.4 Å². The van der Waals surface area contributed by atoms with Gasteiger partial charge in [0.1, 0.15) is 0 Å². The molecule has 1 aromatic rings. The molecule has 0 aliphatic rings. The summed E-state index contributed by atoms with van der Waals surface area (Å²) in [5.74, 6) is 0.472. The monoisotopic (exact) mass is 360 g/mol. The smallest absolute Gasteiger partial charge is 0.338 e. The van der Waals surface area contributed by atoms with Gasteiger partial charge in [-0.1, -0.05) is 20.4 Å². The molecule has 0 unspecified atom stereocenters. The lowest BCUT2D eigenvalue weighted by atomic mass is 10.0. The van der Waals surface area contributed by atoms with Crippen molar-refractivity contribution in [3.05, 3.63) is 38.8 Å². The second kappa shape index (κ2) is 5.83. The topological polar surface area (TPSA) is 26.3 Å². The van der Waals surface area contributed by atoms with Gasteiger partial charge in [-0.25, -0.2) is 4.79 Å². The Morgan fingerprint density at radius 3 is 2.12 bits per heavy atom. The minimum Gasteiger partial charge on any atom is -0.421 e. The van der Waals surface area contributed by atoms with E-state index in [0.29, 0.717) is 17.2 Å². The van der Waals surface area contributed by atoms with Crippen LogP contribution in [0.2, 0.25) is 0 Å². The van der Waals surface area contributed by atoms with Gasteiger partial charge >= 0.3 is 5.97 Å². The first-order valence-corrected chi connectivity index (χ1v) is 6.78. The fraction of sp³-hybridized carbons (Fsp3) is 0.308. The molecule has 0 fully saturated rings. The van der Waals surface area contributed by atoms with E-state index in [2.05, 4.69) is 52.3 Å². The molecular weight excluding hydrogens is 348 g/mol. The van der Waals surface area contributed by atoms with Crippen molar-refractivity contribution >= 4 is 37.8 Å². The lowest BCUT2D eigenvalue weighted by molar-refractivity contribution is -0.130. The fourth-order valence-corrected chi connectivity index (χ4v) is 2.57. The second-order valence-electron chi connectivity index (χ2n) is 4.14. The van der Waals surface area contributed by atoms with Crippen molar-refractivity contribution in [1.29, 1.82) is 0 Å². The molecule has 4 heteroatoms. The molecule has 0 N–H and O–H groups in total. The van der Waals surface area contributed by atoms with E-state index in [0.717, 1.165) is 8.95 Å². The molecule has 0 spiro atoms. The number of hydrogen-bond donors (Lipinski definition) is 0. The Morgan fingerprint density at radius 1 is 1.29 bits per heavy atom. The second-order valence-corrected chi connectivity index (χ2v) is 5.85. The lowest BCUT2D eigenvalue weighted by Gasteiger charge is -2.12. The third-order valence-corrected chi connectivity index (χ3v) is 3.41. The first-order valence-electron chi connectivity index (χ1n) is 5.19. The van der Waals surface area contributed by atoms with Gasteiger partial charge in [-0.15, -0.1) is 0 Å². The van der Waals surface area contributed by atoms with Crippen LogP contribution in [0.4, 0.5) is 0 Å². The van der Waals surface area contributed by atoms with Gasteiger partial charge in [-0.2, -0.15) is 0 Å². The minimum absolute atomic E-state index is 0.372. The molecule has 0 bridgehead atoms. The van der Waals surface area contributed by atoms with E-state index >= 15 is 0 Å². The normalized spacial score (nSPS) is 10.5. The van der Waals surface area contributed by atoms with Crippen LogP contribution in [0.15, 0.2) is 33.2 Å². The zero-order chi connectivity index (χ0) is 13.2. The number of rotatable bonds is 3. The van der Waals surface area contributed by atoms with Crippen LogP contribution >= 0.6 is 31.9 Å². The SMILES string of the molecule is C=C(C)C(=O)Oc1c(Br)cc(C(C)C)cc1Br. The van der Waals surface area contributed by atoms with Crippen molar-refractivity contribution in [3.63, 3.8) is 0 Å². The minimum atomic E-state index is -0.427. The number of esters is 1. The summed E-state index contributed by atoms with van der Waals surface area (Å²) >= 11 is 6.81. The predicted octanol–water partition coefficient (Wildman–Crippen LogP) is 4.82.